The van der Waals surface area contributed by atoms with Gasteiger partial charge in [-0.15, -0.1) is 0 Å². The van der Waals surface area contributed by atoms with Crippen LogP contribution in [0.2, 0.25) is 10.3 Å². The van der Waals surface area contributed by atoms with Gasteiger partial charge in [-0.1, -0.05) is 150 Å². The molecule has 4 atom stereocenters. The van der Waals surface area contributed by atoms with Gasteiger partial charge < -0.3 is 24.5 Å². The number of aliphatic hydroxyl groups excluding tert-OH is 1. The summed E-state index contributed by atoms with van der Waals surface area (Å²) in [5, 5.41) is 13.2. The van der Waals surface area contributed by atoms with Crippen molar-refractivity contribution in [3.05, 3.63) is 81.9 Å². The fraction of sp³-hybridized carbons (Fsp3) is 0.579. The van der Waals surface area contributed by atoms with E-state index >= 15 is 0 Å². The minimum absolute atomic E-state index is 0.0204. The van der Waals surface area contributed by atoms with Crippen LogP contribution < -0.4 is 5.32 Å². The van der Waals surface area contributed by atoms with Crippen molar-refractivity contribution in [3.63, 3.8) is 0 Å². The standard InChI is InChI=1S/C38H53Cl2N3O4/c1-3-4-5-6-7-8-9-10-11-12-13-14-15-19-34(45)42-32-18-16-17-31(24-32)38-46-33(25-43-27-41-36(39)37(43)40)28(2)35(47-38)30-22-20-29(26-44)21-23-30/h16-18,20-24,27-28,33,35,38,44H,3-15,19,25-26H2,1-2H3,(H,42,45). The molecule has 4 unspecified atom stereocenters. The summed E-state index contributed by atoms with van der Waals surface area (Å²) in [4.78, 5) is 16.9. The minimum atomic E-state index is -0.672. The van der Waals surface area contributed by atoms with E-state index in [9.17, 15) is 9.90 Å². The number of aromatic nitrogens is 2. The molecule has 1 aliphatic heterocycles. The van der Waals surface area contributed by atoms with Gasteiger partial charge in [-0.25, -0.2) is 4.98 Å². The third-order valence-electron chi connectivity index (χ3n) is 9.18. The molecule has 1 aromatic heterocycles. The van der Waals surface area contributed by atoms with E-state index in [1.54, 1.807) is 10.9 Å². The van der Waals surface area contributed by atoms with Crippen molar-refractivity contribution in [3.8, 4) is 0 Å². The van der Waals surface area contributed by atoms with Gasteiger partial charge in [0.2, 0.25) is 5.91 Å². The van der Waals surface area contributed by atoms with E-state index in [1.807, 2.05) is 48.5 Å². The summed E-state index contributed by atoms with van der Waals surface area (Å²) < 4.78 is 14.9. The molecule has 0 saturated carbocycles. The highest BCUT2D eigenvalue weighted by atomic mass is 35.5. The number of benzene rings is 2. The third-order valence-corrected chi connectivity index (χ3v) is 9.95. The Balaban J connectivity index is 1.28. The van der Waals surface area contributed by atoms with Crippen molar-refractivity contribution in [1.82, 2.24) is 9.55 Å². The molecule has 2 N–H and O–H groups in total. The van der Waals surface area contributed by atoms with Crippen molar-refractivity contribution in [2.75, 3.05) is 5.32 Å². The number of hydrogen-bond acceptors (Lipinski definition) is 5. The van der Waals surface area contributed by atoms with Crippen LogP contribution in [0.25, 0.3) is 0 Å². The number of rotatable bonds is 20. The van der Waals surface area contributed by atoms with Crippen molar-refractivity contribution in [2.45, 2.75) is 135 Å². The van der Waals surface area contributed by atoms with Gasteiger partial charge in [-0.05, 0) is 29.7 Å². The number of hydrogen-bond donors (Lipinski definition) is 2. The zero-order valence-electron chi connectivity index (χ0n) is 28.1. The first-order chi connectivity index (χ1) is 22.9. The van der Waals surface area contributed by atoms with Crippen LogP contribution in [0.1, 0.15) is 133 Å². The molecule has 2 aromatic carbocycles. The lowest BCUT2D eigenvalue weighted by atomic mass is 9.90. The third kappa shape index (κ3) is 11.9. The Morgan fingerprint density at radius 3 is 2.11 bits per heavy atom. The number of amides is 1. The van der Waals surface area contributed by atoms with E-state index in [-0.39, 0.29) is 35.8 Å². The Labute approximate surface area is 291 Å². The Morgan fingerprint density at radius 2 is 1.51 bits per heavy atom. The number of anilines is 1. The molecule has 0 aliphatic carbocycles. The van der Waals surface area contributed by atoms with Crippen LogP contribution in [-0.2, 0) is 27.4 Å². The Kier molecular flexibility index (Phi) is 16.1. The van der Waals surface area contributed by atoms with E-state index in [0.29, 0.717) is 18.1 Å². The second-order valence-corrected chi connectivity index (χ2v) is 13.7. The number of unbranched alkanes of at least 4 members (excludes halogenated alkanes) is 12. The van der Waals surface area contributed by atoms with Gasteiger partial charge in [-0.3, -0.25) is 4.79 Å². The quantitative estimate of drug-likeness (QED) is 0.116. The summed E-state index contributed by atoms with van der Waals surface area (Å²) in [6, 6.07) is 15.5. The van der Waals surface area contributed by atoms with Gasteiger partial charge in [0, 0.05) is 23.6 Å². The maximum absolute atomic E-state index is 12.8. The van der Waals surface area contributed by atoms with Gasteiger partial charge in [-0.2, -0.15) is 0 Å². The van der Waals surface area contributed by atoms with Crippen LogP contribution in [0.15, 0.2) is 54.9 Å². The highest BCUT2D eigenvalue weighted by molar-refractivity contribution is 6.40. The van der Waals surface area contributed by atoms with Crippen molar-refractivity contribution in [2.24, 2.45) is 5.92 Å². The van der Waals surface area contributed by atoms with Crippen LogP contribution in [0.5, 0.6) is 0 Å². The average Bonchev–Trinajstić information content (AvgIpc) is 3.40. The Hall–Kier alpha value is -2.42. The Bertz CT molecular complexity index is 1350. The molecule has 9 heteroatoms. The van der Waals surface area contributed by atoms with Crippen LogP contribution >= 0.6 is 23.2 Å². The molecule has 1 fully saturated rings. The molecular weight excluding hydrogens is 633 g/mol. The monoisotopic (exact) mass is 685 g/mol. The number of imidazole rings is 1. The molecule has 7 nitrogen and oxygen atoms in total. The summed E-state index contributed by atoms with van der Waals surface area (Å²) in [7, 11) is 0. The van der Waals surface area contributed by atoms with E-state index in [2.05, 4.69) is 24.1 Å². The minimum Gasteiger partial charge on any atom is -0.392 e. The summed E-state index contributed by atoms with van der Waals surface area (Å²) in [6.45, 7) is 4.78. The second kappa shape index (κ2) is 20.2. The van der Waals surface area contributed by atoms with E-state index in [1.165, 1.54) is 70.6 Å². The van der Waals surface area contributed by atoms with Crippen LogP contribution in [0, 0.1) is 5.92 Å². The van der Waals surface area contributed by atoms with Crippen molar-refractivity contribution in [1.29, 1.82) is 0 Å². The first-order valence-corrected chi connectivity index (χ1v) is 18.4. The molecule has 2 heterocycles. The smallest absolute Gasteiger partial charge is 0.224 e. The van der Waals surface area contributed by atoms with Gasteiger partial charge in [0.25, 0.3) is 0 Å². The molecule has 1 saturated heterocycles. The van der Waals surface area contributed by atoms with E-state index in [0.717, 1.165) is 35.2 Å². The number of nitrogens with one attached hydrogen (secondary N) is 1. The predicted molar refractivity (Wildman–Crippen MR) is 191 cm³/mol. The molecule has 1 amide bonds. The zero-order valence-corrected chi connectivity index (χ0v) is 29.7. The van der Waals surface area contributed by atoms with Crippen LogP contribution in [-0.4, -0.2) is 26.7 Å². The zero-order chi connectivity index (χ0) is 33.4. The molecule has 258 valence electrons. The fourth-order valence-electron chi connectivity index (χ4n) is 6.28. The maximum Gasteiger partial charge on any atom is 0.224 e. The molecule has 0 radical (unpaired) electrons. The largest absolute Gasteiger partial charge is 0.392 e. The summed E-state index contributed by atoms with van der Waals surface area (Å²) in [6.07, 6.45) is 17.6. The lowest BCUT2D eigenvalue weighted by molar-refractivity contribution is -0.276. The number of ether oxygens (including phenoxy) is 2. The van der Waals surface area contributed by atoms with Crippen LogP contribution in [0.3, 0.4) is 0 Å². The summed E-state index contributed by atoms with van der Waals surface area (Å²) >= 11 is 12.5. The first kappa shape index (κ1) is 37.4. The number of aliphatic hydroxyl groups is 1. The van der Waals surface area contributed by atoms with Crippen molar-refractivity contribution >= 4 is 34.8 Å². The molecule has 4 rings (SSSR count). The molecular formula is C38H53Cl2N3O4. The highest BCUT2D eigenvalue weighted by Crippen LogP contribution is 2.42. The molecule has 1 aliphatic rings. The summed E-state index contributed by atoms with van der Waals surface area (Å²) in [5.41, 5.74) is 3.36. The Morgan fingerprint density at radius 1 is 0.872 bits per heavy atom. The normalized spacial score (nSPS) is 19.6. The molecule has 47 heavy (non-hydrogen) atoms. The van der Waals surface area contributed by atoms with Crippen LogP contribution in [0.4, 0.5) is 5.69 Å². The molecule has 3 aromatic rings. The van der Waals surface area contributed by atoms with Gasteiger partial charge in [0.05, 0.1) is 31.7 Å². The maximum atomic E-state index is 12.8. The highest BCUT2D eigenvalue weighted by Gasteiger charge is 2.39. The van der Waals surface area contributed by atoms with Gasteiger partial charge >= 0.3 is 0 Å². The van der Waals surface area contributed by atoms with E-state index < -0.39 is 6.29 Å². The lowest BCUT2D eigenvalue weighted by Gasteiger charge is -2.41. The molecule has 0 spiro atoms. The summed E-state index contributed by atoms with van der Waals surface area (Å²) in [5.74, 6) is -0.0117. The predicted octanol–water partition coefficient (Wildman–Crippen LogP) is 10.6. The first-order valence-electron chi connectivity index (χ1n) is 17.7. The van der Waals surface area contributed by atoms with Gasteiger partial charge in [0.1, 0.15) is 5.15 Å². The molecule has 0 bridgehead atoms. The van der Waals surface area contributed by atoms with Gasteiger partial charge in [0.15, 0.2) is 11.4 Å². The fourth-order valence-corrected chi connectivity index (χ4v) is 6.60. The number of halogens is 2. The van der Waals surface area contributed by atoms with Crippen molar-refractivity contribution < 1.29 is 19.4 Å². The SMILES string of the molecule is CCCCCCCCCCCCCCCC(=O)Nc1cccc(C2OC(Cn3cnc(Cl)c3Cl)C(C)C(c3ccc(CO)cc3)O2)c1. The number of carbonyl (C=O) groups is 1. The topological polar surface area (TPSA) is 85.6 Å². The lowest BCUT2D eigenvalue weighted by Crippen LogP contribution is -2.39. The van der Waals surface area contributed by atoms with E-state index in [4.69, 9.17) is 32.7 Å². The average molecular weight is 687 g/mol. The number of carbonyl (C=O) groups excluding carboxylic acids is 1. The second-order valence-electron chi connectivity index (χ2n) is 13.0. The number of nitrogens with zero attached hydrogens (tertiary/aromatic N) is 2.